The van der Waals surface area contributed by atoms with Gasteiger partial charge in [0.2, 0.25) is 10.0 Å². The Hall–Kier alpha value is -1.84. The molecule has 0 spiro atoms. The lowest BCUT2D eigenvalue weighted by molar-refractivity contribution is -0.122. The number of piperidine rings is 1. The second kappa shape index (κ2) is 7.05. The van der Waals surface area contributed by atoms with E-state index < -0.39 is 33.3 Å². The number of benzene rings is 1. The van der Waals surface area contributed by atoms with E-state index in [-0.39, 0.29) is 6.10 Å². The third-order valence-electron chi connectivity index (χ3n) is 4.48. The first-order valence-electron chi connectivity index (χ1n) is 8.22. The molecule has 142 valence electrons. The predicted octanol–water partition coefficient (Wildman–Crippen LogP) is 1.11. The van der Waals surface area contributed by atoms with Crippen molar-refractivity contribution in [3.63, 3.8) is 0 Å². The van der Waals surface area contributed by atoms with Gasteiger partial charge in [-0.1, -0.05) is 17.7 Å². The Morgan fingerprint density at radius 3 is 2.58 bits per heavy atom. The molecule has 3 amide bonds. The predicted molar refractivity (Wildman–Crippen MR) is 95.5 cm³/mol. The first kappa shape index (κ1) is 18.9. The zero-order valence-electron chi connectivity index (χ0n) is 14.2. The number of rotatable bonds is 5. The molecule has 0 bridgehead atoms. The maximum atomic E-state index is 12.6. The molecule has 1 atom stereocenters. The SMILES string of the molecule is CC1(CS(=O)(=O)N2CCC(Oc3cccc(Cl)c3)CC2)NC(=O)NC1=O. The van der Waals surface area contributed by atoms with Gasteiger partial charge in [-0.2, -0.15) is 0 Å². The minimum Gasteiger partial charge on any atom is -0.490 e. The van der Waals surface area contributed by atoms with Gasteiger partial charge in [0, 0.05) is 18.1 Å². The van der Waals surface area contributed by atoms with Gasteiger partial charge in [-0.15, -0.1) is 0 Å². The lowest BCUT2D eigenvalue weighted by atomic mass is 10.1. The first-order valence-corrected chi connectivity index (χ1v) is 10.2. The molecule has 1 aromatic rings. The summed E-state index contributed by atoms with van der Waals surface area (Å²) < 4.78 is 32.5. The summed E-state index contributed by atoms with van der Waals surface area (Å²) >= 11 is 5.93. The molecule has 1 unspecified atom stereocenters. The van der Waals surface area contributed by atoms with Gasteiger partial charge in [0.1, 0.15) is 17.4 Å². The zero-order chi connectivity index (χ0) is 18.9. The molecule has 0 radical (unpaired) electrons. The fourth-order valence-corrected chi connectivity index (χ4v) is 5.16. The van der Waals surface area contributed by atoms with Gasteiger partial charge in [-0.05, 0) is 38.0 Å². The highest BCUT2D eigenvalue weighted by atomic mass is 35.5. The van der Waals surface area contributed by atoms with Crippen molar-refractivity contribution in [1.29, 1.82) is 0 Å². The number of imide groups is 1. The van der Waals surface area contributed by atoms with Crippen LogP contribution in [0.2, 0.25) is 5.02 Å². The fourth-order valence-electron chi connectivity index (χ4n) is 3.10. The number of nitrogens with zero attached hydrogens (tertiary/aromatic N) is 1. The van der Waals surface area contributed by atoms with Crippen molar-refractivity contribution < 1.29 is 22.7 Å². The smallest absolute Gasteiger partial charge is 0.322 e. The molecular weight excluding hydrogens is 382 g/mol. The average Bonchev–Trinajstić information content (AvgIpc) is 2.79. The Labute approximate surface area is 156 Å². The lowest BCUT2D eigenvalue weighted by Crippen LogP contribution is -2.53. The third-order valence-corrected chi connectivity index (χ3v) is 6.81. The standard InChI is InChI=1S/C16H20ClN3O5S/c1-16(14(21)18-15(22)19-16)10-26(23,24)20-7-5-12(6-8-20)25-13-4-2-3-11(17)9-13/h2-4,9,12H,5-8,10H2,1H3,(H2,18,19,21,22). The highest BCUT2D eigenvalue weighted by Gasteiger charge is 2.46. The summed E-state index contributed by atoms with van der Waals surface area (Å²) in [6.07, 6.45) is 0.951. The molecule has 8 nitrogen and oxygen atoms in total. The number of ether oxygens (including phenoxy) is 1. The van der Waals surface area contributed by atoms with Gasteiger partial charge in [0.15, 0.2) is 0 Å². The molecule has 26 heavy (non-hydrogen) atoms. The van der Waals surface area contributed by atoms with Crippen LogP contribution >= 0.6 is 11.6 Å². The molecule has 1 aromatic carbocycles. The van der Waals surface area contributed by atoms with Crippen LogP contribution < -0.4 is 15.4 Å². The number of hydrogen-bond donors (Lipinski definition) is 2. The molecule has 2 aliphatic rings. The van der Waals surface area contributed by atoms with E-state index in [0.29, 0.717) is 36.7 Å². The van der Waals surface area contributed by atoms with Crippen molar-refractivity contribution in [2.75, 3.05) is 18.8 Å². The van der Waals surface area contributed by atoms with E-state index in [1.807, 2.05) is 0 Å². The molecular formula is C16H20ClN3O5S. The minimum atomic E-state index is -3.70. The van der Waals surface area contributed by atoms with Crippen LogP contribution in [0.25, 0.3) is 0 Å². The monoisotopic (exact) mass is 401 g/mol. The van der Waals surface area contributed by atoms with Crippen molar-refractivity contribution in [2.24, 2.45) is 0 Å². The van der Waals surface area contributed by atoms with Crippen LogP contribution in [-0.4, -0.2) is 55.1 Å². The van der Waals surface area contributed by atoms with E-state index in [4.69, 9.17) is 16.3 Å². The number of hydrogen-bond acceptors (Lipinski definition) is 5. The Morgan fingerprint density at radius 1 is 1.31 bits per heavy atom. The second-order valence-corrected chi connectivity index (χ2v) is 9.08. The highest BCUT2D eigenvalue weighted by molar-refractivity contribution is 7.89. The van der Waals surface area contributed by atoms with Crippen LogP contribution in [0.1, 0.15) is 19.8 Å². The molecule has 10 heteroatoms. The molecule has 0 aliphatic carbocycles. The number of halogens is 1. The second-order valence-electron chi connectivity index (χ2n) is 6.67. The molecule has 2 fully saturated rings. The van der Waals surface area contributed by atoms with Crippen LogP contribution in [0, 0.1) is 0 Å². The summed E-state index contributed by atoms with van der Waals surface area (Å²) in [5, 5.41) is 5.02. The number of nitrogens with one attached hydrogen (secondary N) is 2. The average molecular weight is 402 g/mol. The number of carbonyl (C=O) groups excluding carboxylic acids is 2. The Kier molecular flexibility index (Phi) is 5.14. The molecule has 0 aromatic heterocycles. The van der Waals surface area contributed by atoms with Gasteiger partial charge < -0.3 is 10.1 Å². The highest BCUT2D eigenvalue weighted by Crippen LogP contribution is 2.24. The number of sulfonamides is 1. The Morgan fingerprint density at radius 2 is 2.00 bits per heavy atom. The number of amides is 3. The zero-order valence-corrected chi connectivity index (χ0v) is 15.8. The third kappa shape index (κ3) is 4.11. The lowest BCUT2D eigenvalue weighted by Gasteiger charge is -2.33. The van der Waals surface area contributed by atoms with E-state index >= 15 is 0 Å². The Bertz CT molecular complexity index is 823. The van der Waals surface area contributed by atoms with Crippen LogP contribution in [0.5, 0.6) is 5.75 Å². The molecule has 0 saturated carbocycles. The first-order chi connectivity index (χ1) is 12.2. The van der Waals surface area contributed by atoms with E-state index in [1.54, 1.807) is 24.3 Å². The summed E-state index contributed by atoms with van der Waals surface area (Å²) in [5.74, 6) is -0.459. The normalized spacial score (nSPS) is 25.0. The van der Waals surface area contributed by atoms with Crippen LogP contribution in [0.3, 0.4) is 0 Å². The van der Waals surface area contributed by atoms with E-state index in [1.165, 1.54) is 11.2 Å². The maximum absolute atomic E-state index is 12.6. The van der Waals surface area contributed by atoms with E-state index in [2.05, 4.69) is 10.6 Å². The van der Waals surface area contributed by atoms with E-state index in [0.717, 1.165) is 0 Å². The number of carbonyl (C=O) groups is 2. The largest absolute Gasteiger partial charge is 0.490 e. The van der Waals surface area contributed by atoms with Gasteiger partial charge in [-0.3, -0.25) is 10.1 Å². The minimum absolute atomic E-state index is 0.106. The van der Waals surface area contributed by atoms with Crippen LogP contribution in [0.15, 0.2) is 24.3 Å². The van der Waals surface area contributed by atoms with Crippen molar-refractivity contribution >= 4 is 33.6 Å². The topological polar surface area (TPSA) is 105 Å². The summed E-state index contributed by atoms with van der Waals surface area (Å²) in [6.45, 7) is 1.98. The van der Waals surface area contributed by atoms with Gasteiger partial charge in [0.05, 0.1) is 5.75 Å². The van der Waals surface area contributed by atoms with Crippen LogP contribution in [0.4, 0.5) is 4.79 Å². The van der Waals surface area contributed by atoms with Crippen LogP contribution in [-0.2, 0) is 14.8 Å². The maximum Gasteiger partial charge on any atom is 0.322 e. The molecule has 2 N–H and O–H groups in total. The summed E-state index contributed by atoms with van der Waals surface area (Å²) in [6, 6.07) is 6.38. The summed E-state index contributed by atoms with van der Waals surface area (Å²) in [4.78, 5) is 23.1. The van der Waals surface area contributed by atoms with Gasteiger partial charge in [0.25, 0.3) is 5.91 Å². The summed E-state index contributed by atoms with van der Waals surface area (Å²) in [7, 11) is -3.70. The van der Waals surface area contributed by atoms with Crippen molar-refractivity contribution in [3.8, 4) is 5.75 Å². The van der Waals surface area contributed by atoms with Crippen molar-refractivity contribution in [3.05, 3.63) is 29.3 Å². The molecule has 2 aliphatic heterocycles. The molecule has 2 heterocycles. The molecule has 3 rings (SSSR count). The van der Waals surface area contributed by atoms with Gasteiger partial charge >= 0.3 is 6.03 Å². The fraction of sp³-hybridized carbons (Fsp3) is 0.500. The Balaban J connectivity index is 1.58. The van der Waals surface area contributed by atoms with Crippen molar-refractivity contribution in [2.45, 2.75) is 31.4 Å². The van der Waals surface area contributed by atoms with Crippen molar-refractivity contribution in [1.82, 2.24) is 14.9 Å². The number of urea groups is 1. The molecule has 2 saturated heterocycles. The summed E-state index contributed by atoms with van der Waals surface area (Å²) in [5.41, 5.74) is -1.45. The van der Waals surface area contributed by atoms with Gasteiger partial charge in [-0.25, -0.2) is 17.5 Å². The van der Waals surface area contributed by atoms with E-state index in [9.17, 15) is 18.0 Å². The quantitative estimate of drug-likeness (QED) is 0.719.